The van der Waals surface area contributed by atoms with E-state index in [-0.39, 0.29) is 11.8 Å². The number of carbonyl (C=O) groups excluding carboxylic acids is 1. The Kier molecular flexibility index (Phi) is 4.40. The number of carboxylic acid groups (broad SMARTS) is 1. The summed E-state index contributed by atoms with van der Waals surface area (Å²) in [4.78, 5) is 33.7. The molecule has 0 unspecified atom stereocenters. The van der Waals surface area contributed by atoms with Gasteiger partial charge in [0.25, 0.3) is 0 Å². The quantitative estimate of drug-likeness (QED) is 0.847. The molecule has 7 nitrogen and oxygen atoms in total. The molecule has 0 saturated carbocycles. The van der Waals surface area contributed by atoms with E-state index in [1.54, 1.807) is 18.5 Å². The standard InChI is InChI=1S/C14H20N4O3/c1-14(2,12(20)21)17-11(19)10-5-3-8-18(9-10)13-15-6-4-7-16-13/h4,6-7,10H,3,5,8-9H2,1-2H3,(H,17,19)(H,20,21)/t10-/m0/s1. The summed E-state index contributed by atoms with van der Waals surface area (Å²) in [6.45, 7) is 4.27. The van der Waals surface area contributed by atoms with E-state index in [9.17, 15) is 9.59 Å². The van der Waals surface area contributed by atoms with Crippen molar-refractivity contribution in [2.45, 2.75) is 32.2 Å². The number of aliphatic carboxylic acids is 1. The minimum atomic E-state index is -1.26. The molecule has 2 heterocycles. The van der Waals surface area contributed by atoms with Gasteiger partial charge >= 0.3 is 5.97 Å². The number of carboxylic acids is 1. The second kappa shape index (κ2) is 6.07. The maximum atomic E-state index is 12.3. The van der Waals surface area contributed by atoms with Gasteiger partial charge in [-0.2, -0.15) is 0 Å². The van der Waals surface area contributed by atoms with Crippen molar-refractivity contribution >= 4 is 17.8 Å². The monoisotopic (exact) mass is 292 g/mol. The molecule has 0 radical (unpaired) electrons. The Labute approximate surface area is 123 Å². The number of nitrogens with one attached hydrogen (secondary N) is 1. The van der Waals surface area contributed by atoms with Crippen LogP contribution in [-0.2, 0) is 9.59 Å². The second-order valence-electron chi connectivity index (χ2n) is 5.75. The molecular formula is C14H20N4O3. The maximum absolute atomic E-state index is 12.3. The molecule has 1 aromatic heterocycles. The van der Waals surface area contributed by atoms with E-state index in [0.29, 0.717) is 12.5 Å². The lowest BCUT2D eigenvalue weighted by Crippen LogP contribution is -2.54. The van der Waals surface area contributed by atoms with Crippen LogP contribution >= 0.6 is 0 Å². The summed E-state index contributed by atoms with van der Waals surface area (Å²) in [6.07, 6.45) is 4.92. The number of hydrogen-bond acceptors (Lipinski definition) is 5. The first-order chi connectivity index (χ1) is 9.90. The van der Waals surface area contributed by atoms with Crippen LogP contribution in [-0.4, -0.2) is 45.6 Å². The molecule has 1 aliphatic rings. The van der Waals surface area contributed by atoms with Gasteiger partial charge in [-0.15, -0.1) is 0 Å². The van der Waals surface area contributed by atoms with Crippen LogP contribution in [0.15, 0.2) is 18.5 Å². The number of nitrogens with zero attached hydrogens (tertiary/aromatic N) is 3. The van der Waals surface area contributed by atoms with Crippen LogP contribution in [0.5, 0.6) is 0 Å². The van der Waals surface area contributed by atoms with Crippen LogP contribution in [0.25, 0.3) is 0 Å². The first kappa shape index (κ1) is 15.2. The fourth-order valence-electron chi connectivity index (χ4n) is 2.29. The third-order valence-corrected chi connectivity index (χ3v) is 3.60. The van der Waals surface area contributed by atoms with Gasteiger partial charge in [0, 0.05) is 25.5 Å². The number of carbonyl (C=O) groups is 2. The lowest BCUT2D eigenvalue weighted by Gasteiger charge is -2.33. The molecular weight excluding hydrogens is 272 g/mol. The molecule has 0 aliphatic carbocycles. The van der Waals surface area contributed by atoms with E-state index in [4.69, 9.17) is 5.11 Å². The minimum Gasteiger partial charge on any atom is -0.480 e. The molecule has 7 heteroatoms. The van der Waals surface area contributed by atoms with E-state index in [0.717, 1.165) is 19.4 Å². The summed E-state index contributed by atoms with van der Waals surface area (Å²) in [5.74, 6) is -0.924. The van der Waals surface area contributed by atoms with Crippen molar-refractivity contribution in [3.8, 4) is 0 Å². The molecule has 1 saturated heterocycles. The predicted octanol–water partition coefficient (Wildman–Crippen LogP) is 0.672. The fraction of sp³-hybridized carbons (Fsp3) is 0.571. The van der Waals surface area contributed by atoms with E-state index >= 15 is 0 Å². The van der Waals surface area contributed by atoms with Crippen molar-refractivity contribution in [2.75, 3.05) is 18.0 Å². The zero-order valence-electron chi connectivity index (χ0n) is 12.2. The van der Waals surface area contributed by atoms with E-state index < -0.39 is 11.5 Å². The van der Waals surface area contributed by atoms with Crippen LogP contribution in [0.1, 0.15) is 26.7 Å². The van der Waals surface area contributed by atoms with Crippen molar-refractivity contribution in [2.24, 2.45) is 5.92 Å². The largest absolute Gasteiger partial charge is 0.480 e. The van der Waals surface area contributed by atoms with Gasteiger partial charge in [0.1, 0.15) is 5.54 Å². The molecule has 1 atom stereocenters. The Morgan fingerprint density at radius 2 is 2.05 bits per heavy atom. The highest BCUT2D eigenvalue weighted by Crippen LogP contribution is 2.20. The molecule has 1 aromatic rings. The lowest BCUT2D eigenvalue weighted by molar-refractivity contribution is -0.146. The molecule has 1 aliphatic heterocycles. The second-order valence-corrected chi connectivity index (χ2v) is 5.75. The molecule has 0 spiro atoms. The number of anilines is 1. The Bertz CT molecular complexity index is 518. The minimum absolute atomic E-state index is 0.233. The number of piperidine rings is 1. The van der Waals surface area contributed by atoms with Crippen molar-refractivity contribution < 1.29 is 14.7 Å². The molecule has 114 valence electrons. The first-order valence-corrected chi connectivity index (χ1v) is 6.97. The van der Waals surface area contributed by atoms with E-state index in [1.165, 1.54) is 13.8 Å². The van der Waals surface area contributed by atoms with Crippen molar-refractivity contribution in [1.29, 1.82) is 0 Å². The van der Waals surface area contributed by atoms with Gasteiger partial charge in [-0.3, -0.25) is 4.79 Å². The van der Waals surface area contributed by atoms with Crippen LogP contribution in [0.3, 0.4) is 0 Å². The van der Waals surface area contributed by atoms with Crippen molar-refractivity contribution in [3.05, 3.63) is 18.5 Å². The van der Waals surface area contributed by atoms with Gasteiger partial charge in [0.15, 0.2) is 0 Å². The third kappa shape index (κ3) is 3.68. The number of aromatic nitrogens is 2. The zero-order chi connectivity index (χ0) is 15.5. The zero-order valence-corrected chi connectivity index (χ0v) is 12.2. The molecule has 1 amide bonds. The predicted molar refractivity (Wildman–Crippen MR) is 76.8 cm³/mol. The highest BCUT2D eigenvalue weighted by atomic mass is 16.4. The first-order valence-electron chi connectivity index (χ1n) is 6.97. The van der Waals surface area contributed by atoms with Crippen LogP contribution in [0, 0.1) is 5.92 Å². The molecule has 21 heavy (non-hydrogen) atoms. The Balaban J connectivity index is 2.01. The molecule has 0 aromatic carbocycles. The van der Waals surface area contributed by atoms with Crippen molar-refractivity contribution in [1.82, 2.24) is 15.3 Å². The van der Waals surface area contributed by atoms with E-state index in [2.05, 4.69) is 15.3 Å². The molecule has 2 rings (SSSR count). The van der Waals surface area contributed by atoms with Gasteiger partial charge in [-0.25, -0.2) is 14.8 Å². The highest BCUT2D eigenvalue weighted by Gasteiger charge is 2.34. The normalized spacial score (nSPS) is 19.1. The fourth-order valence-corrected chi connectivity index (χ4v) is 2.29. The number of rotatable bonds is 4. The Morgan fingerprint density at radius 1 is 1.38 bits per heavy atom. The van der Waals surface area contributed by atoms with Crippen molar-refractivity contribution in [3.63, 3.8) is 0 Å². The number of hydrogen-bond donors (Lipinski definition) is 2. The van der Waals surface area contributed by atoms with Gasteiger partial charge in [0.2, 0.25) is 11.9 Å². The van der Waals surface area contributed by atoms with Crippen LogP contribution < -0.4 is 10.2 Å². The van der Waals surface area contributed by atoms with Gasteiger partial charge in [-0.1, -0.05) is 0 Å². The van der Waals surface area contributed by atoms with Gasteiger partial charge in [-0.05, 0) is 32.8 Å². The summed E-state index contributed by atoms with van der Waals surface area (Å²) >= 11 is 0. The molecule has 1 fully saturated rings. The van der Waals surface area contributed by atoms with Crippen LogP contribution in [0.4, 0.5) is 5.95 Å². The summed E-state index contributed by atoms with van der Waals surface area (Å²) < 4.78 is 0. The molecule has 0 bridgehead atoms. The van der Waals surface area contributed by atoms with Gasteiger partial charge in [0.05, 0.1) is 5.92 Å². The topological polar surface area (TPSA) is 95.4 Å². The Hall–Kier alpha value is -2.18. The SMILES string of the molecule is CC(C)(NC(=O)[C@H]1CCCN(c2ncccn2)C1)C(=O)O. The average Bonchev–Trinajstić information content (AvgIpc) is 2.47. The summed E-state index contributed by atoms with van der Waals surface area (Å²) in [5, 5.41) is 11.7. The Morgan fingerprint density at radius 3 is 2.67 bits per heavy atom. The van der Waals surface area contributed by atoms with Gasteiger partial charge < -0.3 is 15.3 Å². The van der Waals surface area contributed by atoms with E-state index in [1.807, 2.05) is 4.90 Å². The summed E-state index contributed by atoms with van der Waals surface area (Å²) in [6, 6.07) is 1.74. The average molecular weight is 292 g/mol. The maximum Gasteiger partial charge on any atom is 0.328 e. The van der Waals surface area contributed by atoms with Crippen LogP contribution in [0.2, 0.25) is 0 Å². The number of amides is 1. The molecule has 2 N–H and O–H groups in total. The summed E-state index contributed by atoms with van der Waals surface area (Å²) in [5.41, 5.74) is -1.26. The third-order valence-electron chi connectivity index (χ3n) is 3.60. The summed E-state index contributed by atoms with van der Waals surface area (Å²) in [7, 11) is 0. The lowest BCUT2D eigenvalue weighted by atomic mass is 9.95. The smallest absolute Gasteiger partial charge is 0.328 e. The highest BCUT2D eigenvalue weighted by molar-refractivity contribution is 5.87.